The molecule has 12 aromatic rings. The lowest BCUT2D eigenvalue weighted by Crippen LogP contribution is -2.35. The highest BCUT2D eigenvalue weighted by Gasteiger charge is 2.44. The molecule has 2 saturated heterocycles. The second kappa shape index (κ2) is 45.7. The number of nitrogens with one attached hydrogen (secondary N) is 6. The minimum Gasteiger partial charge on any atom is -0.496 e. The average molecular weight is 2070 g/mol. The zero-order chi connectivity index (χ0) is 104. The van der Waals surface area contributed by atoms with Crippen LogP contribution in [0.1, 0.15) is 188 Å². The zero-order valence-electron chi connectivity index (χ0n) is 83.3. The molecule has 47 heteroatoms. The van der Waals surface area contributed by atoms with Crippen molar-refractivity contribution in [2.75, 3.05) is 117 Å². The molecule has 0 bridgehead atoms. The van der Waals surface area contributed by atoms with Crippen LogP contribution in [0.25, 0.3) is 46.6 Å². The summed E-state index contributed by atoms with van der Waals surface area (Å²) in [6.45, 7) is 28.6. The van der Waals surface area contributed by atoms with E-state index in [-0.39, 0.29) is 106 Å². The van der Waals surface area contributed by atoms with Crippen molar-refractivity contribution in [3.8, 4) is 23.0 Å². The number of anilines is 8. The molecule has 0 atom stereocenters. The summed E-state index contributed by atoms with van der Waals surface area (Å²) in [4.78, 5) is 148. The number of rotatable bonds is 27. The third kappa shape index (κ3) is 23.2. The lowest BCUT2D eigenvalue weighted by molar-refractivity contribution is -0.113. The van der Waals surface area contributed by atoms with Gasteiger partial charge in [0, 0.05) is 175 Å². The standard InChI is InChI=1S/C26H31ClN8O3.C25H29ClN8O3.C24H27ClN8O3.C24H29ClN8O2/c1-13-9-30-19(14(2)22(13)38-3)12-35-24-21(23(27)33-26(28)34-24)18(25(35)37)8-20-31-11-16(32-20)10-29-15-4-6-17(36)7-5-15;1-13-9-28-18(14(2)21(13)37-3)12-34-23-20(22(26)31-25(27)32-23)17(24(34)36)8-19-29-10-15(30-19)11-33-6-4-16(35)5-7-33;1-13-9-27-17(14(2)20(13)35-3)12-33-22-19(21(25)30-24(26)31-22)16(23(33)34)8-18-28-10-15(29-18)11-32-4-6-36-7-5-32;1-12(2)7-27-9-15-10-29-18(30-15)6-16-19-21(25)31-24(26)32-22(19)33(23(16)34)11-17-14(4)20(35-5)13(3)8-28-17/h8-9,11,15,17,29,36H,4-7,10,12H2,1-3H3,(H,31,32)(H2,28,33,34);8-10,16,35H,4-7,11-12H2,1-3H3,(H,29,30)(H2,27,31,32);8-10H,4-7,11-12H2,1-3H3,(H,28,29)(H2,26,30,31);6,8,10,12,27H,7,9,11H2,1-5H3,(H,29,30)(H2,26,31,32)/b18-8-;17-8-;16-8-;16-6-. The highest BCUT2D eigenvalue weighted by atomic mass is 35.5. The summed E-state index contributed by atoms with van der Waals surface area (Å²) in [5, 5.41) is 26.7. The highest BCUT2D eigenvalue weighted by Crippen LogP contribution is 2.48. The van der Waals surface area contributed by atoms with Crippen LogP contribution >= 0.6 is 46.4 Å². The average Bonchev–Trinajstić information content (AvgIpc) is 1.61. The van der Waals surface area contributed by atoms with Gasteiger partial charge in [0.1, 0.15) is 66.9 Å². The molecule has 4 amide bonds. The minimum absolute atomic E-state index is 0.0181. The second-order valence-corrected chi connectivity index (χ2v) is 38.2. The van der Waals surface area contributed by atoms with Crippen LogP contribution in [0.2, 0.25) is 20.6 Å². The van der Waals surface area contributed by atoms with Gasteiger partial charge >= 0.3 is 0 Å². The van der Waals surface area contributed by atoms with Gasteiger partial charge in [-0.25, -0.2) is 39.9 Å². The van der Waals surface area contributed by atoms with E-state index in [1.807, 2.05) is 55.4 Å². The zero-order valence-corrected chi connectivity index (χ0v) is 86.3. The largest absolute Gasteiger partial charge is 0.496 e. The highest BCUT2D eigenvalue weighted by molar-refractivity contribution is 6.44. The van der Waals surface area contributed by atoms with Gasteiger partial charge in [0.2, 0.25) is 23.8 Å². The van der Waals surface area contributed by atoms with Crippen molar-refractivity contribution in [1.29, 1.82) is 0 Å². The number of piperidine rings is 1. The fourth-order valence-electron chi connectivity index (χ4n) is 18.5. The van der Waals surface area contributed by atoms with E-state index in [1.54, 1.807) is 102 Å². The molecule has 0 spiro atoms. The molecule has 18 heterocycles. The van der Waals surface area contributed by atoms with Gasteiger partial charge in [0.05, 0.1) is 147 Å². The lowest BCUT2D eigenvalue weighted by atomic mass is 9.93. The monoisotopic (exact) mass is 2070 g/mol. The topological polar surface area (TPSA) is 572 Å². The summed E-state index contributed by atoms with van der Waals surface area (Å²) in [5.74, 6) is 5.57. The number of nitrogens with zero attached hydrogens (tertiary/aromatic N) is 22. The van der Waals surface area contributed by atoms with Gasteiger partial charge in [-0.1, -0.05) is 60.3 Å². The number of carbonyl (C=O) groups is 4. The molecule has 1 aliphatic carbocycles. The molecule has 16 N–H and O–H groups in total. The van der Waals surface area contributed by atoms with Crippen molar-refractivity contribution >= 4 is 164 Å². The van der Waals surface area contributed by atoms with Crippen molar-refractivity contribution in [2.45, 2.75) is 178 Å². The number of imidazole rings is 4. The number of amides is 4. The van der Waals surface area contributed by atoms with Crippen molar-refractivity contribution in [1.82, 2.24) is 120 Å². The number of morpholine rings is 1. The first kappa shape index (κ1) is 105. The molecule has 6 aliphatic heterocycles. The van der Waals surface area contributed by atoms with Gasteiger partial charge in [-0.05, 0) is 131 Å². The summed E-state index contributed by atoms with van der Waals surface area (Å²) in [6.07, 6.45) is 25.1. The first-order valence-corrected chi connectivity index (χ1v) is 49.0. The molecular formula is C99H116Cl4N32O11. The number of hydrogen-bond acceptors (Lipinski definition) is 35. The number of carbonyl (C=O) groups excluding carboxylic acids is 4. The van der Waals surface area contributed by atoms with Crippen molar-refractivity contribution in [3.63, 3.8) is 0 Å². The molecule has 0 unspecified atom stereocenters. The third-order valence-electron chi connectivity index (χ3n) is 26.0. The molecule has 766 valence electrons. The third-order valence-corrected chi connectivity index (χ3v) is 27.1. The number of aliphatic hydroxyl groups excluding tert-OH is 2. The first-order chi connectivity index (χ1) is 70.0. The summed E-state index contributed by atoms with van der Waals surface area (Å²) < 4.78 is 27.5. The number of aliphatic hydroxyl groups is 2. The summed E-state index contributed by atoms with van der Waals surface area (Å²) in [7, 11) is 6.44. The number of pyridine rings is 4. The lowest BCUT2D eigenvalue weighted by Gasteiger charge is -2.28. The van der Waals surface area contributed by atoms with E-state index < -0.39 is 0 Å². The van der Waals surface area contributed by atoms with Gasteiger partial charge in [-0.2, -0.15) is 19.9 Å². The summed E-state index contributed by atoms with van der Waals surface area (Å²) >= 11 is 25.9. The number of nitrogens with two attached hydrogens (primary N) is 4. The van der Waals surface area contributed by atoms with Crippen LogP contribution < -0.4 is 72.1 Å². The molecular weight excluding hydrogens is 1960 g/mol. The molecule has 146 heavy (non-hydrogen) atoms. The number of aryl methyl sites for hydroxylation is 4. The van der Waals surface area contributed by atoms with E-state index in [1.165, 1.54) is 19.6 Å². The number of aromatic nitrogens is 20. The van der Waals surface area contributed by atoms with E-state index in [2.05, 4.69) is 134 Å². The smallest absolute Gasteiger partial charge is 0.260 e. The number of methoxy groups -OCH3 is 4. The summed E-state index contributed by atoms with van der Waals surface area (Å²) in [5.41, 5.74) is 39.8. The molecule has 12 aromatic heterocycles. The Balaban J connectivity index is 0.000000139. The van der Waals surface area contributed by atoms with Crippen LogP contribution in [0.3, 0.4) is 0 Å². The molecule has 19 rings (SSSR count). The van der Waals surface area contributed by atoms with Crippen molar-refractivity contribution < 1.29 is 53.1 Å². The molecule has 0 radical (unpaired) electrons. The number of fused-ring (bicyclic) bond motifs is 4. The maximum Gasteiger partial charge on any atom is 0.260 e. The Morgan fingerprint density at radius 2 is 0.671 bits per heavy atom. The molecule has 7 aliphatic rings. The number of H-pyrrole nitrogens is 4. The normalized spacial score (nSPS) is 17.4. The molecule has 0 aromatic carbocycles. The Bertz CT molecular complexity index is 7080. The van der Waals surface area contributed by atoms with Gasteiger partial charge < -0.3 is 87.4 Å². The van der Waals surface area contributed by atoms with Crippen molar-refractivity contribution in [2.24, 2.45) is 5.92 Å². The predicted octanol–water partition coefficient (Wildman–Crippen LogP) is 11.1. The van der Waals surface area contributed by atoms with Crippen LogP contribution in [0.5, 0.6) is 23.0 Å². The maximum atomic E-state index is 13.7. The Labute approximate surface area is 861 Å². The van der Waals surface area contributed by atoms with Crippen LogP contribution in [-0.2, 0) is 76.3 Å². The fraction of sp³-hybridized carbons (Fsp3) is 0.394. The van der Waals surface area contributed by atoms with E-state index in [0.717, 1.165) is 181 Å². The Hall–Kier alpha value is -14.1. The minimum atomic E-state index is -0.306. The molecule has 3 fully saturated rings. The van der Waals surface area contributed by atoms with Crippen molar-refractivity contribution in [3.05, 3.63) is 206 Å². The quantitative estimate of drug-likeness (QED) is 0.0168. The Morgan fingerprint density at radius 1 is 0.390 bits per heavy atom. The SMILES string of the molecule is COc1c(C)cnc(CN2C(=O)/C(=C\c3ncc(CN4CCC(O)CC4)[nH]3)c3c(Cl)nc(N)nc32)c1C.COc1c(C)cnc(CN2C(=O)/C(=C\c3ncc(CN4CCOCC4)[nH]3)c3c(Cl)nc(N)nc32)c1C.COc1c(C)cnc(CN2C(=O)/C(=C\c3ncc(CNC4CCC(O)CC4)[nH]3)c3c(Cl)nc(N)nc32)c1C.COc1c(C)cnc(CN2C(=O)/C(=C\c3ncc(CNCC(C)C)[nH]3)c3c(Cl)nc(N)nc32)c1C. The summed E-state index contributed by atoms with van der Waals surface area (Å²) in [6, 6.07) is 0.360. The van der Waals surface area contributed by atoms with Gasteiger partial charge in [0.15, 0.2) is 23.3 Å². The van der Waals surface area contributed by atoms with Gasteiger partial charge in [0.25, 0.3) is 23.6 Å². The second-order valence-electron chi connectivity index (χ2n) is 36.7. The molecule has 1 saturated carbocycles. The molecule has 43 nitrogen and oxygen atoms in total. The maximum absolute atomic E-state index is 13.7. The van der Waals surface area contributed by atoms with Crippen LogP contribution in [-0.4, -0.2) is 236 Å². The fourth-order valence-corrected chi connectivity index (χ4v) is 19.6. The Kier molecular flexibility index (Phi) is 32.8. The number of hydrogen-bond donors (Lipinski definition) is 12. The number of ether oxygens (including phenoxy) is 5. The van der Waals surface area contributed by atoms with E-state index in [0.29, 0.717) is 145 Å². The number of aromatic amines is 4. The number of likely N-dealkylation sites (tertiary alicyclic amines) is 1. The van der Waals surface area contributed by atoms with Crippen LogP contribution in [0, 0.1) is 61.3 Å². The van der Waals surface area contributed by atoms with E-state index in [9.17, 15) is 29.4 Å². The van der Waals surface area contributed by atoms with Crippen LogP contribution in [0.4, 0.5) is 47.1 Å². The number of halogens is 4. The van der Waals surface area contributed by atoms with Crippen LogP contribution in [0.15, 0.2) is 49.6 Å². The van der Waals surface area contributed by atoms with Gasteiger partial charge in [-0.3, -0.25) is 68.5 Å². The predicted molar refractivity (Wildman–Crippen MR) is 556 cm³/mol. The first-order valence-electron chi connectivity index (χ1n) is 47.5. The van der Waals surface area contributed by atoms with E-state index >= 15 is 0 Å². The Morgan fingerprint density at radius 3 is 0.973 bits per heavy atom. The van der Waals surface area contributed by atoms with E-state index in [4.69, 9.17) is 93.0 Å². The number of nitrogen functional groups attached to an aromatic ring is 4. The van der Waals surface area contributed by atoms with Gasteiger partial charge in [-0.15, -0.1) is 0 Å².